The summed E-state index contributed by atoms with van der Waals surface area (Å²) in [6.45, 7) is 2.16. The molecule has 1 saturated heterocycles. The molecule has 1 aromatic carbocycles. The standard InChI is InChI=1S/C12H15N3.2ClH/c13-9-10-2-1-3-12(8-10)15-11-4-6-14-7-5-11;;/h1-3,8,11,14-15H,4-7H2;2*1H. The van der Waals surface area contributed by atoms with E-state index in [0.29, 0.717) is 11.6 Å². The molecule has 2 rings (SSSR count). The van der Waals surface area contributed by atoms with Crippen LogP contribution in [0.4, 0.5) is 5.69 Å². The molecule has 0 spiro atoms. The van der Waals surface area contributed by atoms with E-state index in [0.717, 1.165) is 31.6 Å². The van der Waals surface area contributed by atoms with Crippen LogP contribution in [0.25, 0.3) is 0 Å². The first-order valence-corrected chi connectivity index (χ1v) is 5.36. The first-order valence-electron chi connectivity index (χ1n) is 5.36. The van der Waals surface area contributed by atoms with Crippen LogP contribution in [0.2, 0.25) is 0 Å². The molecule has 1 aromatic rings. The Labute approximate surface area is 114 Å². The summed E-state index contributed by atoms with van der Waals surface area (Å²) in [5, 5.41) is 15.6. The largest absolute Gasteiger partial charge is 0.382 e. The zero-order chi connectivity index (χ0) is 10.5. The molecule has 3 nitrogen and oxygen atoms in total. The quantitative estimate of drug-likeness (QED) is 0.871. The Bertz CT molecular complexity index is 370. The van der Waals surface area contributed by atoms with Crippen LogP contribution < -0.4 is 10.6 Å². The Kier molecular flexibility index (Phi) is 7.73. The van der Waals surface area contributed by atoms with E-state index in [2.05, 4.69) is 16.7 Å². The van der Waals surface area contributed by atoms with Crippen molar-refractivity contribution in [2.45, 2.75) is 18.9 Å². The van der Waals surface area contributed by atoms with Crippen LogP contribution in [0, 0.1) is 11.3 Å². The summed E-state index contributed by atoms with van der Waals surface area (Å²) in [6.07, 6.45) is 2.30. The van der Waals surface area contributed by atoms with Gasteiger partial charge >= 0.3 is 0 Å². The Morgan fingerprint density at radius 1 is 1.24 bits per heavy atom. The van der Waals surface area contributed by atoms with Crippen LogP contribution in [0.15, 0.2) is 24.3 Å². The molecule has 0 unspecified atom stereocenters. The zero-order valence-electron chi connectivity index (χ0n) is 9.48. The van der Waals surface area contributed by atoms with Gasteiger partial charge in [-0.2, -0.15) is 5.26 Å². The molecule has 94 valence electrons. The second-order valence-electron chi connectivity index (χ2n) is 3.86. The molecular weight excluding hydrogens is 257 g/mol. The highest BCUT2D eigenvalue weighted by Crippen LogP contribution is 2.14. The lowest BCUT2D eigenvalue weighted by atomic mass is 10.1. The lowest BCUT2D eigenvalue weighted by Gasteiger charge is -2.24. The summed E-state index contributed by atoms with van der Waals surface area (Å²) < 4.78 is 0. The molecule has 0 aromatic heterocycles. The van der Waals surface area contributed by atoms with Gasteiger partial charge in [-0.15, -0.1) is 24.8 Å². The van der Waals surface area contributed by atoms with Gasteiger partial charge in [0, 0.05) is 11.7 Å². The minimum Gasteiger partial charge on any atom is -0.382 e. The van der Waals surface area contributed by atoms with Gasteiger partial charge in [0.15, 0.2) is 0 Å². The topological polar surface area (TPSA) is 47.9 Å². The van der Waals surface area contributed by atoms with Crippen LogP contribution in [0.5, 0.6) is 0 Å². The maximum Gasteiger partial charge on any atom is 0.0992 e. The SMILES string of the molecule is Cl.Cl.N#Cc1cccc(NC2CCNCC2)c1. The maximum atomic E-state index is 8.78. The van der Waals surface area contributed by atoms with E-state index in [1.807, 2.05) is 24.3 Å². The minimum absolute atomic E-state index is 0. The van der Waals surface area contributed by atoms with Crippen molar-refractivity contribution in [2.24, 2.45) is 0 Å². The monoisotopic (exact) mass is 273 g/mol. The van der Waals surface area contributed by atoms with Crippen molar-refractivity contribution >= 4 is 30.5 Å². The molecule has 0 saturated carbocycles. The van der Waals surface area contributed by atoms with Crippen molar-refractivity contribution in [3.8, 4) is 6.07 Å². The van der Waals surface area contributed by atoms with Crippen LogP contribution in [-0.2, 0) is 0 Å². The van der Waals surface area contributed by atoms with Gasteiger partial charge in [-0.25, -0.2) is 0 Å². The fourth-order valence-corrected chi connectivity index (χ4v) is 1.88. The molecular formula is C12H17Cl2N3. The van der Waals surface area contributed by atoms with E-state index in [4.69, 9.17) is 5.26 Å². The number of nitrogens with one attached hydrogen (secondary N) is 2. The number of halogens is 2. The average Bonchev–Trinajstić information content (AvgIpc) is 2.31. The molecule has 1 fully saturated rings. The van der Waals surface area contributed by atoms with E-state index in [1.165, 1.54) is 0 Å². The van der Waals surface area contributed by atoms with E-state index >= 15 is 0 Å². The van der Waals surface area contributed by atoms with Gasteiger partial charge in [0.1, 0.15) is 0 Å². The van der Waals surface area contributed by atoms with Crippen LogP contribution in [-0.4, -0.2) is 19.1 Å². The van der Waals surface area contributed by atoms with Gasteiger partial charge in [0.05, 0.1) is 11.6 Å². The van der Waals surface area contributed by atoms with Gasteiger partial charge < -0.3 is 10.6 Å². The molecule has 1 heterocycles. The molecule has 0 radical (unpaired) electrons. The normalized spacial score (nSPS) is 15.0. The van der Waals surface area contributed by atoms with Crippen molar-refractivity contribution in [1.82, 2.24) is 5.32 Å². The van der Waals surface area contributed by atoms with E-state index < -0.39 is 0 Å². The molecule has 0 bridgehead atoms. The zero-order valence-corrected chi connectivity index (χ0v) is 11.1. The molecule has 5 heteroatoms. The molecule has 17 heavy (non-hydrogen) atoms. The summed E-state index contributed by atoms with van der Waals surface area (Å²) in [5.41, 5.74) is 1.77. The van der Waals surface area contributed by atoms with Crippen LogP contribution >= 0.6 is 24.8 Å². The van der Waals surface area contributed by atoms with E-state index in [1.54, 1.807) is 0 Å². The van der Waals surface area contributed by atoms with E-state index in [9.17, 15) is 0 Å². The second-order valence-corrected chi connectivity index (χ2v) is 3.86. The predicted molar refractivity (Wildman–Crippen MR) is 75.2 cm³/mol. The maximum absolute atomic E-state index is 8.78. The van der Waals surface area contributed by atoms with Crippen LogP contribution in [0.1, 0.15) is 18.4 Å². The van der Waals surface area contributed by atoms with Crippen molar-refractivity contribution in [3.05, 3.63) is 29.8 Å². The number of anilines is 1. The highest BCUT2D eigenvalue weighted by Gasteiger charge is 2.12. The second kappa shape index (κ2) is 8.19. The molecule has 1 aliphatic rings. The lowest BCUT2D eigenvalue weighted by Crippen LogP contribution is -2.35. The third-order valence-corrected chi connectivity index (χ3v) is 2.70. The van der Waals surface area contributed by atoms with Crippen molar-refractivity contribution < 1.29 is 0 Å². The number of hydrogen-bond donors (Lipinski definition) is 2. The summed E-state index contributed by atoms with van der Waals surface area (Å²) >= 11 is 0. The van der Waals surface area contributed by atoms with E-state index in [-0.39, 0.29) is 24.8 Å². The number of rotatable bonds is 2. The van der Waals surface area contributed by atoms with Crippen molar-refractivity contribution in [3.63, 3.8) is 0 Å². The fourth-order valence-electron chi connectivity index (χ4n) is 1.88. The van der Waals surface area contributed by atoms with Crippen molar-refractivity contribution in [2.75, 3.05) is 18.4 Å². The van der Waals surface area contributed by atoms with Gasteiger partial charge in [-0.1, -0.05) is 6.07 Å². The smallest absolute Gasteiger partial charge is 0.0992 e. The minimum atomic E-state index is 0. The summed E-state index contributed by atoms with van der Waals surface area (Å²) in [5.74, 6) is 0. The van der Waals surface area contributed by atoms with Gasteiger partial charge in [0.25, 0.3) is 0 Å². The fraction of sp³-hybridized carbons (Fsp3) is 0.417. The number of nitrogens with zero attached hydrogens (tertiary/aromatic N) is 1. The summed E-state index contributed by atoms with van der Waals surface area (Å²) in [4.78, 5) is 0. The third-order valence-electron chi connectivity index (χ3n) is 2.70. The molecule has 1 aliphatic heterocycles. The number of benzene rings is 1. The summed E-state index contributed by atoms with van der Waals surface area (Å²) in [7, 11) is 0. The number of hydrogen-bond acceptors (Lipinski definition) is 3. The number of nitriles is 1. The first-order chi connectivity index (χ1) is 7.38. The highest BCUT2D eigenvalue weighted by molar-refractivity contribution is 5.85. The average molecular weight is 274 g/mol. The van der Waals surface area contributed by atoms with Gasteiger partial charge in [0.2, 0.25) is 0 Å². The Balaban J connectivity index is 0.00000128. The molecule has 0 amide bonds. The third kappa shape index (κ3) is 4.82. The Morgan fingerprint density at radius 3 is 2.59 bits per heavy atom. The Hall–Kier alpha value is -0.950. The first kappa shape index (κ1) is 16.1. The summed E-state index contributed by atoms with van der Waals surface area (Å²) in [6, 6.07) is 10.4. The molecule has 0 atom stereocenters. The predicted octanol–water partition coefficient (Wildman–Crippen LogP) is 2.57. The molecule has 2 N–H and O–H groups in total. The highest BCUT2D eigenvalue weighted by atomic mass is 35.5. The van der Waals surface area contributed by atoms with Crippen molar-refractivity contribution in [1.29, 1.82) is 5.26 Å². The van der Waals surface area contributed by atoms with Gasteiger partial charge in [-0.3, -0.25) is 0 Å². The lowest BCUT2D eigenvalue weighted by molar-refractivity contribution is 0.479. The molecule has 0 aliphatic carbocycles. The van der Waals surface area contributed by atoms with Gasteiger partial charge in [-0.05, 0) is 44.1 Å². The Morgan fingerprint density at radius 2 is 1.94 bits per heavy atom. The van der Waals surface area contributed by atoms with Crippen LogP contribution in [0.3, 0.4) is 0 Å². The number of piperidine rings is 1.